The van der Waals surface area contributed by atoms with Crippen LogP contribution < -0.4 is 5.73 Å². The Kier molecular flexibility index (Phi) is 4.54. The summed E-state index contributed by atoms with van der Waals surface area (Å²) >= 11 is 1.57. The summed E-state index contributed by atoms with van der Waals surface area (Å²) in [6, 6.07) is 0. The van der Waals surface area contributed by atoms with Gasteiger partial charge in [0.1, 0.15) is 5.03 Å². The molecule has 0 aliphatic heterocycles. The molecule has 0 aliphatic rings. The van der Waals surface area contributed by atoms with Gasteiger partial charge in [-0.25, -0.2) is 0 Å². The minimum absolute atomic E-state index is 0.0918. The number of amidine groups is 1. The van der Waals surface area contributed by atoms with E-state index in [2.05, 4.69) is 22.3 Å². The predicted octanol–water partition coefficient (Wildman–Crippen LogP) is 1.69. The van der Waals surface area contributed by atoms with Crippen LogP contribution in [0.5, 0.6) is 0 Å². The lowest BCUT2D eigenvalue weighted by molar-refractivity contribution is 0.318. The average molecular weight is 240 g/mol. The van der Waals surface area contributed by atoms with Crippen LogP contribution in [0.15, 0.2) is 10.2 Å². The summed E-state index contributed by atoms with van der Waals surface area (Å²) in [5, 5.41) is 20.7. The highest BCUT2D eigenvalue weighted by Crippen LogP contribution is 2.23. The number of rotatable bonds is 4. The van der Waals surface area contributed by atoms with E-state index in [1.54, 1.807) is 11.8 Å². The molecule has 5 nitrogen and oxygen atoms in total. The highest BCUT2D eigenvalue weighted by atomic mass is 32.2. The molecular weight excluding hydrogens is 224 g/mol. The normalized spacial score (nSPS) is 11.8. The SMILES string of the molecule is CCCSc1nnc(C)c(C)c1/C(N)=N/O. The molecule has 0 radical (unpaired) electrons. The molecule has 88 valence electrons. The van der Waals surface area contributed by atoms with Crippen molar-refractivity contribution in [3.63, 3.8) is 0 Å². The molecule has 1 heterocycles. The van der Waals surface area contributed by atoms with Crippen molar-refractivity contribution < 1.29 is 5.21 Å². The summed E-state index contributed by atoms with van der Waals surface area (Å²) in [5.41, 5.74) is 8.04. The number of aryl methyl sites for hydroxylation is 1. The maximum Gasteiger partial charge on any atom is 0.173 e. The van der Waals surface area contributed by atoms with Gasteiger partial charge in [0.05, 0.1) is 11.3 Å². The van der Waals surface area contributed by atoms with Crippen LogP contribution in [-0.2, 0) is 0 Å². The second kappa shape index (κ2) is 5.69. The van der Waals surface area contributed by atoms with Gasteiger partial charge in [-0.1, -0.05) is 12.1 Å². The van der Waals surface area contributed by atoms with Crippen molar-refractivity contribution in [2.24, 2.45) is 10.9 Å². The van der Waals surface area contributed by atoms with Crippen molar-refractivity contribution in [1.82, 2.24) is 10.2 Å². The molecule has 0 atom stereocenters. The van der Waals surface area contributed by atoms with Gasteiger partial charge in [0.2, 0.25) is 0 Å². The number of hydrogen-bond donors (Lipinski definition) is 2. The first kappa shape index (κ1) is 12.8. The zero-order valence-corrected chi connectivity index (χ0v) is 10.5. The molecule has 1 rings (SSSR count). The Morgan fingerprint density at radius 2 is 2.12 bits per heavy atom. The van der Waals surface area contributed by atoms with Crippen molar-refractivity contribution in [1.29, 1.82) is 0 Å². The fraction of sp³-hybridized carbons (Fsp3) is 0.500. The smallest absolute Gasteiger partial charge is 0.173 e. The summed E-state index contributed by atoms with van der Waals surface area (Å²) in [7, 11) is 0. The molecule has 16 heavy (non-hydrogen) atoms. The fourth-order valence-corrected chi connectivity index (χ4v) is 2.14. The second-order valence-electron chi connectivity index (χ2n) is 3.42. The third-order valence-corrected chi connectivity index (χ3v) is 3.40. The van der Waals surface area contributed by atoms with E-state index >= 15 is 0 Å². The summed E-state index contributed by atoms with van der Waals surface area (Å²) < 4.78 is 0. The maximum absolute atomic E-state index is 8.76. The van der Waals surface area contributed by atoms with Gasteiger partial charge in [0.25, 0.3) is 0 Å². The van der Waals surface area contributed by atoms with E-state index in [4.69, 9.17) is 10.9 Å². The quantitative estimate of drug-likeness (QED) is 0.275. The van der Waals surface area contributed by atoms with Gasteiger partial charge in [-0.2, -0.15) is 5.10 Å². The van der Waals surface area contributed by atoms with E-state index in [1.807, 2.05) is 13.8 Å². The zero-order valence-electron chi connectivity index (χ0n) is 9.69. The van der Waals surface area contributed by atoms with Crippen molar-refractivity contribution in [2.45, 2.75) is 32.2 Å². The van der Waals surface area contributed by atoms with Gasteiger partial charge < -0.3 is 10.9 Å². The lowest BCUT2D eigenvalue weighted by atomic mass is 10.1. The minimum atomic E-state index is 0.0918. The van der Waals surface area contributed by atoms with Crippen LogP contribution >= 0.6 is 11.8 Å². The lowest BCUT2D eigenvalue weighted by Gasteiger charge is -2.10. The fourth-order valence-electron chi connectivity index (χ4n) is 1.24. The Balaban J connectivity index is 3.22. The number of nitrogens with zero attached hydrogens (tertiary/aromatic N) is 3. The molecule has 6 heteroatoms. The van der Waals surface area contributed by atoms with Gasteiger partial charge in [0, 0.05) is 0 Å². The molecule has 1 aromatic rings. The minimum Gasteiger partial charge on any atom is -0.409 e. The van der Waals surface area contributed by atoms with Crippen LogP contribution in [0.1, 0.15) is 30.2 Å². The van der Waals surface area contributed by atoms with E-state index in [0.717, 1.165) is 28.5 Å². The van der Waals surface area contributed by atoms with Gasteiger partial charge >= 0.3 is 0 Å². The molecule has 0 saturated heterocycles. The zero-order chi connectivity index (χ0) is 12.1. The molecule has 0 fully saturated rings. The van der Waals surface area contributed by atoms with E-state index in [9.17, 15) is 0 Å². The molecule has 0 aromatic carbocycles. The highest BCUT2D eigenvalue weighted by Gasteiger charge is 2.15. The van der Waals surface area contributed by atoms with E-state index in [-0.39, 0.29) is 5.84 Å². The van der Waals surface area contributed by atoms with Crippen molar-refractivity contribution in [3.8, 4) is 0 Å². The first-order valence-electron chi connectivity index (χ1n) is 5.06. The first-order valence-corrected chi connectivity index (χ1v) is 6.05. The Morgan fingerprint density at radius 3 is 2.69 bits per heavy atom. The monoisotopic (exact) mass is 240 g/mol. The topological polar surface area (TPSA) is 84.4 Å². The molecule has 0 aliphatic carbocycles. The number of nitrogens with two attached hydrogens (primary N) is 1. The Morgan fingerprint density at radius 1 is 1.44 bits per heavy atom. The molecule has 0 unspecified atom stereocenters. The van der Waals surface area contributed by atoms with Crippen LogP contribution in [-0.4, -0.2) is 27.0 Å². The van der Waals surface area contributed by atoms with Crippen molar-refractivity contribution in [3.05, 3.63) is 16.8 Å². The first-order chi connectivity index (χ1) is 7.61. The molecule has 3 N–H and O–H groups in total. The van der Waals surface area contributed by atoms with Crippen LogP contribution in [0.25, 0.3) is 0 Å². The van der Waals surface area contributed by atoms with Crippen LogP contribution in [0, 0.1) is 13.8 Å². The summed E-state index contributed by atoms with van der Waals surface area (Å²) in [5.74, 6) is 1.03. The Bertz CT molecular complexity index is 406. The van der Waals surface area contributed by atoms with Gasteiger partial charge in [0.15, 0.2) is 5.84 Å². The second-order valence-corrected chi connectivity index (χ2v) is 4.51. The predicted molar refractivity (Wildman–Crippen MR) is 65.0 cm³/mol. The molecule has 0 spiro atoms. The van der Waals surface area contributed by atoms with Gasteiger partial charge in [-0.15, -0.1) is 16.9 Å². The molecule has 0 amide bonds. The van der Waals surface area contributed by atoms with Crippen LogP contribution in [0.2, 0.25) is 0 Å². The molecule has 0 bridgehead atoms. The third-order valence-electron chi connectivity index (χ3n) is 2.23. The maximum atomic E-state index is 8.76. The van der Waals surface area contributed by atoms with E-state index in [0.29, 0.717) is 5.56 Å². The molecular formula is C10H16N4OS. The van der Waals surface area contributed by atoms with Crippen molar-refractivity contribution in [2.75, 3.05) is 5.75 Å². The average Bonchev–Trinajstić information content (AvgIpc) is 2.29. The molecule has 0 saturated carbocycles. The largest absolute Gasteiger partial charge is 0.409 e. The summed E-state index contributed by atoms with van der Waals surface area (Å²) in [6.07, 6.45) is 1.04. The molecule has 1 aromatic heterocycles. The van der Waals surface area contributed by atoms with Gasteiger partial charge in [-0.05, 0) is 31.6 Å². The number of thioether (sulfide) groups is 1. The lowest BCUT2D eigenvalue weighted by Crippen LogP contribution is -2.18. The highest BCUT2D eigenvalue weighted by molar-refractivity contribution is 7.99. The van der Waals surface area contributed by atoms with E-state index in [1.165, 1.54) is 0 Å². The van der Waals surface area contributed by atoms with Crippen LogP contribution in [0.3, 0.4) is 0 Å². The van der Waals surface area contributed by atoms with E-state index < -0.39 is 0 Å². The number of hydrogen-bond acceptors (Lipinski definition) is 5. The van der Waals surface area contributed by atoms with Crippen molar-refractivity contribution >= 4 is 17.6 Å². The Hall–Kier alpha value is -1.30. The Labute approximate surface area is 99.1 Å². The number of aromatic nitrogens is 2. The standard InChI is InChI=1S/C10H16N4OS/c1-4-5-16-10-8(9(11)14-15)6(2)7(3)12-13-10/h15H,4-5H2,1-3H3,(H2,11,14). The summed E-state index contributed by atoms with van der Waals surface area (Å²) in [6.45, 7) is 5.84. The summed E-state index contributed by atoms with van der Waals surface area (Å²) in [4.78, 5) is 0. The number of oxime groups is 1. The van der Waals surface area contributed by atoms with Gasteiger partial charge in [-0.3, -0.25) is 0 Å². The third kappa shape index (κ3) is 2.63. The van der Waals surface area contributed by atoms with Crippen LogP contribution in [0.4, 0.5) is 0 Å².